The first kappa shape index (κ1) is 18.2. The summed E-state index contributed by atoms with van der Waals surface area (Å²) >= 11 is 1.40. The number of nitrogens with zero attached hydrogens (tertiary/aromatic N) is 3. The van der Waals surface area contributed by atoms with Crippen molar-refractivity contribution in [2.24, 2.45) is 0 Å². The number of rotatable bonds is 5. The molecule has 0 fully saturated rings. The van der Waals surface area contributed by atoms with Gasteiger partial charge in [0, 0.05) is 24.7 Å². The van der Waals surface area contributed by atoms with Crippen LogP contribution in [-0.2, 0) is 13.0 Å². The van der Waals surface area contributed by atoms with Gasteiger partial charge in [0.25, 0.3) is 5.91 Å². The van der Waals surface area contributed by atoms with Gasteiger partial charge >= 0.3 is 0 Å². The zero-order chi connectivity index (χ0) is 19.5. The fourth-order valence-electron chi connectivity index (χ4n) is 3.21. The highest BCUT2D eigenvalue weighted by Gasteiger charge is 2.25. The Hall–Kier alpha value is -3.13. The molecule has 0 saturated carbocycles. The van der Waals surface area contributed by atoms with Crippen molar-refractivity contribution in [2.45, 2.75) is 13.0 Å². The number of nitrogens with one attached hydrogen (secondary N) is 1. The van der Waals surface area contributed by atoms with Gasteiger partial charge in [0.15, 0.2) is 16.6 Å². The van der Waals surface area contributed by atoms with Gasteiger partial charge in [-0.3, -0.25) is 9.78 Å². The second-order valence-electron chi connectivity index (χ2n) is 6.36. The third-order valence-corrected chi connectivity index (χ3v) is 5.40. The van der Waals surface area contributed by atoms with E-state index in [9.17, 15) is 4.79 Å². The second kappa shape index (κ2) is 7.85. The highest BCUT2D eigenvalue weighted by molar-refractivity contribution is 7.14. The molecule has 0 atom stereocenters. The van der Waals surface area contributed by atoms with Gasteiger partial charge in [-0.1, -0.05) is 0 Å². The molecule has 0 bridgehead atoms. The lowest BCUT2D eigenvalue weighted by atomic mass is 9.98. The van der Waals surface area contributed by atoms with E-state index >= 15 is 0 Å². The Morgan fingerprint density at radius 1 is 1.21 bits per heavy atom. The molecule has 0 radical (unpaired) electrons. The Morgan fingerprint density at radius 3 is 2.71 bits per heavy atom. The van der Waals surface area contributed by atoms with Crippen molar-refractivity contribution in [3.63, 3.8) is 0 Å². The van der Waals surface area contributed by atoms with Gasteiger partial charge in [-0.2, -0.15) is 0 Å². The van der Waals surface area contributed by atoms with Crippen molar-refractivity contribution >= 4 is 28.1 Å². The molecule has 4 rings (SSSR count). The predicted molar refractivity (Wildman–Crippen MR) is 108 cm³/mol. The second-order valence-corrected chi connectivity index (χ2v) is 7.22. The van der Waals surface area contributed by atoms with E-state index in [0.29, 0.717) is 35.4 Å². The molecule has 0 saturated heterocycles. The molecule has 1 N–H and O–H groups in total. The van der Waals surface area contributed by atoms with Gasteiger partial charge in [0.1, 0.15) is 5.69 Å². The molecular formula is C20H20N4O3S. The molecule has 1 aliphatic rings. The molecule has 0 unspecified atom stereocenters. The van der Waals surface area contributed by atoms with Crippen molar-refractivity contribution < 1.29 is 14.3 Å². The summed E-state index contributed by atoms with van der Waals surface area (Å²) < 4.78 is 10.8. The molecule has 1 amide bonds. The number of aromatic nitrogens is 2. The van der Waals surface area contributed by atoms with Crippen LogP contribution < -0.4 is 14.8 Å². The zero-order valence-corrected chi connectivity index (χ0v) is 16.5. The summed E-state index contributed by atoms with van der Waals surface area (Å²) in [6, 6.07) is 7.69. The van der Waals surface area contributed by atoms with Gasteiger partial charge < -0.3 is 19.7 Å². The average Bonchev–Trinajstić information content (AvgIpc) is 3.20. The fourth-order valence-corrected chi connectivity index (χ4v) is 3.91. The number of carbonyl (C=O) groups excluding carboxylic acids is 1. The first-order valence-electron chi connectivity index (χ1n) is 8.83. The van der Waals surface area contributed by atoms with E-state index in [0.717, 1.165) is 17.7 Å². The first-order valence-corrected chi connectivity index (χ1v) is 9.71. The number of methoxy groups -OCH3 is 2. The van der Waals surface area contributed by atoms with E-state index in [1.807, 2.05) is 29.2 Å². The van der Waals surface area contributed by atoms with Crippen LogP contribution in [0.2, 0.25) is 0 Å². The van der Waals surface area contributed by atoms with Gasteiger partial charge in [-0.05, 0) is 41.8 Å². The number of anilines is 2. The molecule has 2 aromatic heterocycles. The Bertz CT molecular complexity index is 990. The van der Waals surface area contributed by atoms with E-state index in [4.69, 9.17) is 9.47 Å². The molecule has 1 aromatic carbocycles. The summed E-state index contributed by atoms with van der Waals surface area (Å²) in [4.78, 5) is 23.2. The standard InChI is InChI=1S/C20H20N4O3S/c1-26-17-8-13-5-7-24(11-14(13)9-18(17)27-2)19(25)16-12-28-20(23-16)22-15-4-3-6-21-10-15/h3-4,6,8-10,12H,5,7,11H2,1-2H3,(H,22,23). The minimum absolute atomic E-state index is 0.0732. The number of amides is 1. The third kappa shape index (κ3) is 3.63. The van der Waals surface area contributed by atoms with Crippen LogP contribution in [-0.4, -0.2) is 41.5 Å². The van der Waals surface area contributed by atoms with Crippen LogP contribution in [0.25, 0.3) is 0 Å². The van der Waals surface area contributed by atoms with E-state index in [2.05, 4.69) is 15.3 Å². The summed E-state index contributed by atoms with van der Waals surface area (Å²) in [5.41, 5.74) is 3.53. The van der Waals surface area contributed by atoms with E-state index in [1.165, 1.54) is 16.9 Å². The Kier molecular flexibility index (Phi) is 5.12. The predicted octanol–water partition coefficient (Wildman–Crippen LogP) is 3.50. The van der Waals surface area contributed by atoms with Crippen molar-refractivity contribution in [3.05, 3.63) is 58.9 Å². The minimum Gasteiger partial charge on any atom is -0.493 e. The number of ether oxygens (including phenoxy) is 2. The van der Waals surface area contributed by atoms with Gasteiger partial charge in [-0.25, -0.2) is 4.98 Å². The largest absolute Gasteiger partial charge is 0.493 e. The van der Waals surface area contributed by atoms with E-state index in [1.54, 1.807) is 32.0 Å². The maximum Gasteiger partial charge on any atom is 0.273 e. The smallest absolute Gasteiger partial charge is 0.273 e. The summed E-state index contributed by atoms with van der Waals surface area (Å²) in [5, 5.41) is 5.62. The van der Waals surface area contributed by atoms with E-state index in [-0.39, 0.29) is 5.91 Å². The number of hydrogen-bond acceptors (Lipinski definition) is 7. The molecule has 28 heavy (non-hydrogen) atoms. The fraction of sp³-hybridized carbons (Fsp3) is 0.250. The number of thiazole rings is 1. The van der Waals surface area contributed by atoms with Crippen LogP contribution in [0.15, 0.2) is 42.0 Å². The highest BCUT2D eigenvalue weighted by Crippen LogP contribution is 2.33. The number of carbonyl (C=O) groups is 1. The normalized spacial score (nSPS) is 13.0. The molecule has 3 aromatic rings. The number of fused-ring (bicyclic) bond motifs is 1. The Labute approximate surface area is 167 Å². The van der Waals surface area contributed by atoms with Crippen molar-refractivity contribution in [2.75, 3.05) is 26.1 Å². The molecule has 0 aliphatic carbocycles. The van der Waals surface area contributed by atoms with Crippen LogP contribution in [0.1, 0.15) is 21.6 Å². The van der Waals surface area contributed by atoms with Crippen LogP contribution in [0.3, 0.4) is 0 Å². The van der Waals surface area contributed by atoms with Crippen molar-refractivity contribution in [1.82, 2.24) is 14.9 Å². The Balaban J connectivity index is 1.49. The maximum absolute atomic E-state index is 12.9. The highest BCUT2D eigenvalue weighted by atomic mass is 32.1. The number of pyridine rings is 1. The summed E-state index contributed by atoms with van der Waals surface area (Å²) in [6.45, 7) is 1.17. The van der Waals surface area contributed by atoms with Gasteiger partial charge in [0.05, 0.1) is 26.1 Å². The summed E-state index contributed by atoms with van der Waals surface area (Å²) in [5.74, 6) is 1.31. The first-order chi connectivity index (χ1) is 13.7. The lowest BCUT2D eigenvalue weighted by Gasteiger charge is -2.29. The number of benzene rings is 1. The number of hydrogen-bond donors (Lipinski definition) is 1. The Morgan fingerprint density at radius 2 is 2.00 bits per heavy atom. The van der Waals surface area contributed by atoms with Gasteiger partial charge in [0.2, 0.25) is 0 Å². The minimum atomic E-state index is -0.0732. The molecule has 8 heteroatoms. The maximum atomic E-state index is 12.9. The third-order valence-electron chi connectivity index (χ3n) is 4.64. The van der Waals surface area contributed by atoms with Crippen LogP contribution in [0.5, 0.6) is 11.5 Å². The quantitative estimate of drug-likeness (QED) is 0.711. The monoisotopic (exact) mass is 396 g/mol. The lowest BCUT2D eigenvalue weighted by Crippen LogP contribution is -2.36. The average molecular weight is 396 g/mol. The molecule has 7 nitrogen and oxygen atoms in total. The van der Waals surface area contributed by atoms with Crippen molar-refractivity contribution in [1.29, 1.82) is 0 Å². The summed E-state index contributed by atoms with van der Waals surface area (Å²) in [6.07, 6.45) is 4.19. The van der Waals surface area contributed by atoms with Crippen molar-refractivity contribution in [3.8, 4) is 11.5 Å². The molecule has 1 aliphatic heterocycles. The van der Waals surface area contributed by atoms with Crippen LogP contribution in [0, 0.1) is 0 Å². The molecular weight excluding hydrogens is 376 g/mol. The zero-order valence-electron chi connectivity index (χ0n) is 15.6. The molecule has 0 spiro atoms. The molecule has 3 heterocycles. The molecule has 144 valence electrons. The topological polar surface area (TPSA) is 76.6 Å². The summed E-state index contributed by atoms with van der Waals surface area (Å²) in [7, 11) is 3.24. The van der Waals surface area contributed by atoms with E-state index < -0.39 is 0 Å². The lowest BCUT2D eigenvalue weighted by molar-refractivity contribution is 0.0729. The van der Waals surface area contributed by atoms with Crippen LogP contribution >= 0.6 is 11.3 Å². The SMILES string of the molecule is COc1cc2c(cc1OC)CN(C(=O)c1csc(Nc3cccnc3)n1)CC2. The van der Waals surface area contributed by atoms with Gasteiger partial charge in [-0.15, -0.1) is 11.3 Å². The van der Waals surface area contributed by atoms with Crippen LogP contribution in [0.4, 0.5) is 10.8 Å².